The van der Waals surface area contributed by atoms with Crippen molar-refractivity contribution >= 4 is 17.8 Å². The number of piperidine rings is 1. The van der Waals surface area contributed by atoms with Gasteiger partial charge in [0.25, 0.3) is 5.91 Å². The van der Waals surface area contributed by atoms with Crippen LogP contribution in [0.1, 0.15) is 44.1 Å². The standard InChI is InChI=1S/C24H31N5O4/c1-29(15-21(30)28-23-26-16-25-17-27-23)13-11-20(12-14-29)33-22(31)24(32,19-9-5-6-10-19)18-7-3-2-4-8-18/h2-4,7-8,16-17,19-20,32H,5-6,9-15H2,1H3/p+1. The van der Waals surface area contributed by atoms with Crippen molar-refractivity contribution in [1.82, 2.24) is 15.0 Å². The molecule has 0 spiro atoms. The highest BCUT2D eigenvalue weighted by atomic mass is 16.6. The summed E-state index contributed by atoms with van der Waals surface area (Å²) >= 11 is 0. The number of likely N-dealkylation sites (tertiary alicyclic amines) is 1. The number of aliphatic hydroxyl groups is 1. The van der Waals surface area contributed by atoms with E-state index < -0.39 is 11.6 Å². The number of carbonyl (C=O) groups excluding carboxylic acids is 2. The summed E-state index contributed by atoms with van der Waals surface area (Å²) in [7, 11) is 2.02. The lowest BCUT2D eigenvalue weighted by Gasteiger charge is -2.40. The van der Waals surface area contributed by atoms with Crippen LogP contribution in [0.3, 0.4) is 0 Å². The zero-order valence-electron chi connectivity index (χ0n) is 19.0. The number of anilines is 1. The Balaban J connectivity index is 1.35. The maximum atomic E-state index is 13.3. The number of hydrogen-bond acceptors (Lipinski definition) is 7. The van der Waals surface area contributed by atoms with Gasteiger partial charge in [0.2, 0.25) is 5.95 Å². The lowest BCUT2D eigenvalue weighted by molar-refractivity contribution is -0.907. The normalized spacial score (nSPS) is 25.2. The Kier molecular flexibility index (Phi) is 6.99. The highest BCUT2D eigenvalue weighted by Crippen LogP contribution is 2.42. The van der Waals surface area contributed by atoms with Crippen LogP contribution < -0.4 is 5.32 Å². The smallest absolute Gasteiger partial charge is 0.343 e. The summed E-state index contributed by atoms with van der Waals surface area (Å²) in [6, 6.07) is 9.17. The van der Waals surface area contributed by atoms with Crippen molar-refractivity contribution in [2.75, 3.05) is 32.0 Å². The minimum absolute atomic E-state index is 0.129. The van der Waals surface area contributed by atoms with Gasteiger partial charge in [0, 0.05) is 18.8 Å². The third-order valence-electron chi connectivity index (χ3n) is 7.00. The van der Waals surface area contributed by atoms with Crippen LogP contribution in [-0.2, 0) is 19.9 Å². The quantitative estimate of drug-likeness (QED) is 0.486. The van der Waals surface area contributed by atoms with Gasteiger partial charge in [-0.25, -0.2) is 19.7 Å². The average Bonchev–Trinajstić information content (AvgIpc) is 3.37. The molecule has 2 aromatic rings. The molecule has 2 heterocycles. The minimum Gasteiger partial charge on any atom is -0.460 e. The van der Waals surface area contributed by atoms with Crippen molar-refractivity contribution in [2.24, 2.45) is 5.92 Å². The number of nitrogens with zero attached hydrogens (tertiary/aromatic N) is 4. The number of rotatable bonds is 7. The Hall–Kier alpha value is -2.91. The number of benzene rings is 1. The third kappa shape index (κ3) is 5.36. The summed E-state index contributed by atoms with van der Waals surface area (Å²) in [5.74, 6) is -0.609. The zero-order chi connectivity index (χ0) is 23.3. The van der Waals surface area contributed by atoms with E-state index in [0.29, 0.717) is 36.0 Å². The molecule has 1 aromatic carbocycles. The van der Waals surface area contributed by atoms with Crippen LogP contribution in [0.15, 0.2) is 43.0 Å². The van der Waals surface area contributed by atoms with Gasteiger partial charge >= 0.3 is 5.97 Å². The van der Waals surface area contributed by atoms with Crippen LogP contribution in [0.4, 0.5) is 5.95 Å². The van der Waals surface area contributed by atoms with Gasteiger partial charge in [0.05, 0.1) is 20.1 Å². The molecule has 1 saturated carbocycles. The fraction of sp³-hybridized carbons (Fsp3) is 0.542. The summed E-state index contributed by atoms with van der Waals surface area (Å²) in [5.41, 5.74) is -1.01. The van der Waals surface area contributed by atoms with Gasteiger partial charge in [0.1, 0.15) is 18.8 Å². The van der Waals surface area contributed by atoms with E-state index in [4.69, 9.17) is 4.74 Å². The molecule has 0 radical (unpaired) electrons. The fourth-order valence-corrected chi connectivity index (χ4v) is 5.06. The van der Waals surface area contributed by atoms with E-state index in [-0.39, 0.29) is 30.4 Å². The van der Waals surface area contributed by atoms with Gasteiger partial charge < -0.3 is 14.3 Å². The van der Waals surface area contributed by atoms with E-state index in [1.807, 2.05) is 25.2 Å². The predicted molar refractivity (Wildman–Crippen MR) is 121 cm³/mol. The monoisotopic (exact) mass is 454 g/mol. The fourth-order valence-electron chi connectivity index (χ4n) is 5.06. The summed E-state index contributed by atoms with van der Waals surface area (Å²) in [5, 5.41) is 14.3. The molecule has 1 atom stereocenters. The molecular formula is C24H32N5O4+. The summed E-state index contributed by atoms with van der Waals surface area (Å²) < 4.78 is 6.43. The maximum Gasteiger partial charge on any atom is 0.343 e. The van der Waals surface area contributed by atoms with Crippen molar-refractivity contribution < 1.29 is 23.9 Å². The molecule has 1 saturated heterocycles. The molecule has 1 unspecified atom stereocenters. The molecule has 2 aliphatic rings. The summed E-state index contributed by atoms with van der Waals surface area (Å²) in [6.07, 6.45) is 7.33. The van der Waals surface area contributed by atoms with Crippen molar-refractivity contribution in [3.8, 4) is 0 Å². The van der Waals surface area contributed by atoms with Gasteiger partial charge in [-0.1, -0.05) is 43.2 Å². The van der Waals surface area contributed by atoms with E-state index >= 15 is 0 Å². The topological polar surface area (TPSA) is 114 Å². The molecule has 1 aliphatic carbocycles. The zero-order valence-corrected chi connectivity index (χ0v) is 19.0. The maximum absolute atomic E-state index is 13.3. The second-order valence-corrected chi connectivity index (χ2v) is 9.45. The first-order valence-corrected chi connectivity index (χ1v) is 11.6. The van der Waals surface area contributed by atoms with Gasteiger partial charge in [-0.15, -0.1) is 0 Å². The number of nitrogens with one attached hydrogen (secondary N) is 1. The van der Waals surface area contributed by atoms with Crippen LogP contribution in [0.2, 0.25) is 0 Å². The van der Waals surface area contributed by atoms with Crippen LogP contribution in [0, 0.1) is 5.92 Å². The number of aromatic nitrogens is 3. The second-order valence-electron chi connectivity index (χ2n) is 9.45. The molecule has 2 N–H and O–H groups in total. The molecule has 176 valence electrons. The highest BCUT2D eigenvalue weighted by Gasteiger charge is 2.49. The summed E-state index contributed by atoms with van der Waals surface area (Å²) in [6.45, 7) is 1.66. The number of likely N-dealkylation sites (N-methyl/N-ethyl adjacent to an activating group) is 1. The molecule has 9 nitrogen and oxygen atoms in total. The van der Waals surface area contributed by atoms with E-state index in [0.717, 1.165) is 25.7 Å². The van der Waals surface area contributed by atoms with Crippen LogP contribution in [-0.4, -0.2) is 69.2 Å². The molecule has 33 heavy (non-hydrogen) atoms. The molecule has 2 fully saturated rings. The first kappa shape index (κ1) is 23.3. The first-order chi connectivity index (χ1) is 15.9. The van der Waals surface area contributed by atoms with E-state index in [9.17, 15) is 14.7 Å². The lowest BCUT2D eigenvalue weighted by atomic mass is 9.80. The number of quaternary nitrogens is 1. The minimum atomic E-state index is -1.61. The number of esters is 1. The number of carbonyl (C=O) groups is 2. The highest BCUT2D eigenvalue weighted by molar-refractivity contribution is 5.89. The Labute approximate surface area is 193 Å². The molecular weight excluding hydrogens is 422 g/mol. The Morgan fingerprint density at radius 2 is 1.73 bits per heavy atom. The van der Waals surface area contributed by atoms with Crippen LogP contribution in [0.5, 0.6) is 0 Å². The predicted octanol–water partition coefficient (Wildman–Crippen LogP) is 2.04. The SMILES string of the molecule is C[N+]1(CC(=O)Nc2ncncn2)CCC(OC(=O)C(O)(c2ccccc2)C2CCCC2)CC1. The molecule has 1 aliphatic heterocycles. The Morgan fingerprint density at radius 3 is 2.36 bits per heavy atom. The first-order valence-electron chi connectivity index (χ1n) is 11.6. The number of amides is 1. The van der Waals surface area contributed by atoms with E-state index in [2.05, 4.69) is 20.3 Å². The van der Waals surface area contributed by atoms with Crippen molar-refractivity contribution in [3.63, 3.8) is 0 Å². The Morgan fingerprint density at radius 1 is 1.09 bits per heavy atom. The van der Waals surface area contributed by atoms with Gasteiger partial charge in [0.15, 0.2) is 12.1 Å². The second kappa shape index (κ2) is 9.93. The molecule has 4 rings (SSSR count). The number of hydrogen-bond donors (Lipinski definition) is 2. The molecule has 0 bridgehead atoms. The number of ether oxygens (including phenoxy) is 1. The molecule has 1 aromatic heterocycles. The van der Waals surface area contributed by atoms with Gasteiger partial charge in [-0.3, -0.25) is 10.1 Å². The van der Waals surface area contributed by atoms with Crippen molar-refractivity contribution in [1.29, 1.82) is 0 Å². The van der Waals surface area contributed by atoms with E-state index in [1.54, 1.807) is 12.1 Å². The van der Waals surface area contributed by atoms with E-state index in [1.165, 1.54) is 12.7 Å². The van der Waals surface area contributed by atoms with Crippen molar-refractivity contribution in [3.05, 3.63) is 48.5 Å². The van der Waals surface area contributed by atoms with Crippen LogP contribution >= 0.6 is 0 Å². The van der Waals surface area contributed by atoms with Gasteiger partial charge in [-0.05, 0) is 18.4 Å². The average molecular weight is 455 g/mol. The van der Waals surface area contributed by atoms with Crippen LogP contribution in [0.25, 0.3) is 0 Å². The van der Waals surface area contributed by atoms with Crippen molar-refractivity contribution in [2.45, 2.75) is 50.2 Å². The van der Waals surface area contributed by atoms with Gasteiger partial charge in [-0.2, -0.15) is 0 Å². The lowest BCUT2D eigenvalue weighted by Crippen LogP contribution is -2.55. The molecule has 9 heteroatoms. The third-order valence-corrected chi connectivity index (χ3v) is 7.00. The molecule has 1 amide bonds. The Bertz CT molecular complexity index is 944. The largest absolute Gasteiger partial charge is 0.460 e. The summed E-state index contributed by atoms with van der Waals surface area (Å²) in [4.78, 5) is 37.3.